The van der Waals surface area contributed by atoms with E-state index < -0.39 is 6.04 Å². The van der Waals surface area contributed by atoms with Gasteiger partial charge < -0.3 is 14.5 Å². The predicted octanol–water partition coefficient (Wildman–Crippen LogP) is 1.23. The van der Waals surface area contributed by atoms with Gasteiger partial charge in [0, 0.05) is 13.1 Å². The Labute approximate surface area is 139 Å². The van der Waals surface area contributed by atoms with E-state index in [-0.39, 0.29) is 23.9 Å². The predicted molar refractivity (Wildman–Crippen MR) is 85.7 cm³/mol. The fourth-order valence-corrected chi connectivity index (χ4v) is 3.93. The Balaban J connectivity index is 1.60. The van der Waals surface area contributed by atoms with Crippen molar-refractivity contribution < 1.29 is 19.1 Å². The van der Waals surface area contributed by atoms with Crippen LogP contribution < -0.4 is 9.64 Å². The maximum Gasteiger partial charge on any atom is 0.328 e. The SMILES string of the molecule is COc1ccccc1N1CC[C@@H](N2C(=O)[C@@H]3CCCN3C2=O)C1=O. The van der Waals surface area contributed by atoms with Gasteiger partial charge in [0.15, 0.2) is 0 Å². The number of methoxy groups -OCH3 is 1. The van der Waals surface area contributed by atoms with Crippen molar-refractivity contribution in [1.29, 1.82) is 0 Å². The van der Waals surface area contributed by atoms with Crippen LogP contribution >= 0.6 is 0 Å². The highest BCUT2D eigenvalue weighted by atomic mass is 16.5. The van der Waals surface area contributed by atoms with E-state index in [1.54, 1.807) is 23.0 Å². The summed E-state index contributed by atoms with van der Waals surface area (Å²) in [6, 6.07) is 5.88. The number of amides is 4. The molecule has 4 rings (SSSR count). The number of hydrogen-bond donors (Lipinski definition) is 0. The lowest BCUT2D eigenvalue weighted by molar-refractivity contribution is -0.133. The van der Waals surface area contributed by atoms with Crippen LogP contribution in [0.1, 0.15) is 19.3 Å². The van der Waals surface area contributed by atoms with E-state index in [0.717, 1.165) is 6.42 Å². The molecule has 0 radical (unpaired) electrons. The number of urea groups is 1. The highest BCUT2D eigenvalue weighted by molar-refractivity contribution is 6.11. The summed E-state index contributed by atoms with van der Waals surface area (Å²) in [6.07, 6.45) is 2.00. The first kappa shape index (κ1) is 15.0. The van der Waals surface area contributed by atoms with Crippen LogP contribution in [0.4, 0.5) is 10.5 Å². The standard InChI is InChI=1S/C17H19N3O4/c1-24-14-7-3-2-5-11(14)18-10-8-13(15(18)21)20-16(22)12-6-4-9-19(12)17(20)23/h2-3,5,7,12-13H,4,6,8-10H2,1H3/t12-,13+/m0/s1. The summed E-state index contributed by atoms with van der Waals surface area (Å²) < 4.78 is 5.32. The fraction of sp³-hybridized carbons (Fsp3) is 0.471. The lowest BCUT2D eigenvalue weighted by Crippen LogP contribution is -2.46. The molecule has 4 amide bonds. The number of carbonyl (C=O) groups excluding carboxylic acids is 3. The van der Waals surface area contributed by atoms with Crippen LogP contribution in [-0.2, 0) is 9.59 Å². The number of rotatable bonds is 3. The number of imide groups is 1. The number of para-hydroxylation sites is 2. The molecule has 2 atom stereocenters. The summed E-state index contributed by atoms with van der Waals surface area (Å²) in [4.78, 5) is 42.4. The van der Waals surface area contributed by atoms with Crippen LogP contribution in [0.3, 0.4) is 0 Å². The van der Waals surface area contributed by atoms with Crippen LogP contribution in [-0.4, -0.2) is 59.9 Å². The van der Waals surface area contributed by atoms with Crippen molar-refractivity contribution in [2.75, 3.05) is 25.1 Å². The van der Waals surface area contributed by atoms with Gasteiger partial charge in [0.2, 0.25) is 0 Å². The maximum atomic E-state index is 12.9. The molecule has 0 spiro atoms. The molecule has 0 bridgehead atoms. The molecule has 1 aromatic carbocycles. The van der Waals surface area contributed by atoms with Gasteiger partial charge in [-0.3, -0.25) is 9.59 Å². The summed E-state index contributed by atoms with van der Waals surface area (Å²) in [5.74, 6) is 0.159. The van der Waals surface area contributed by atoms with Gasteiger partial charge in [0.05, 0.1) is 12.8 Å². The molecule has 24 heavy (non-hydrogen) atoms. The minimum absolute atomic E-state index is 0.220. The molecular formula is C17H19N3O4. The van der Waals surface area contributed by atoms with Crippen molar-refractivity contribution in [3.63, 3.8) is 0 Å². The van der Waals surface area contributed by atoms with Gasteiger partial charge in [-0.2, -0.15) is 0 Å². The van der Waals surface area contributed by atoms with Gasteiger partial charge in [0.1, 0.15) is 17.8 Å². The first-order chi connectivity index (χ1) is 11.6. The Morgan fingerprint density at radius 2 is 1.79 bits per heavy atom. The maximum absolute atomic E-state index is 12.9. The first-order valence-electron chi connectivity index (χ1n) is 8.21. The topological polar surface area (TPSA) is 70.2 Å². The molecule has 3 fully saturated rings. The molecule has 0 aromatic heterocycles. The number of nitrogens with zero attached hydrogens (tertiary/aromatic N) is 3. The molecule has 1 aromatic rings. The average molecular weight is 329 g/mol. The van der Waals surface area contributed by atoms with E-state index >= 15 is 0 Å². The van der Waals surface area contributed by atoms with Gasteiger partial charge in [-0.05, 0) is 31.4 Å². The molecule has 0 N–H and O–H groups in total. The number of ether oxygens (including phenoxy) is 1. The third kappa shape index (κ3) is 2.00. The van der Waals surface area contributed by atoms with Crippen molar-refractivity contribution in [1.82, 2.24) is 9.80 Å². The van der Waals surface area contributed by atoms with Gasteiger partial charge >= 0.3 is 6.03 Å². The third-order valence-electron chi connectivity index (χ3n) is 5.09. The summed E-state index contributed by atoms with van der Waals surface area (Å²) >= 11 is 0. The zero-order chi connectivity index (χ0) is 16.8. The van der Waals surface area contributed by atoms with Crippen molar-refractivity contribution >= 4 is 23.5 Å². The van der Waals surface area contributed by atoms with Gasteiger partial charge in [-0.25, -0.2) is 9.69 Å². The second-order valence-corrected chi connectivity index (χ2v) is 6.31. The normalized spacial score (nSPS) is 26.5. The minimum atomic E-state index is -0.708. The Hall–Kier alpha value is -2.57. The Morgan fingerprint density at radius 1 is 1.00 bits per heavy atom. The van der Waals surface area contributed by atoms with Crippen LogP contribution in [0, 0.1) is 0 Å². The molecule has 0 aliphatic carbocycles. The highest BCUT2D eigenvalue weighted by Gasteiger charge is 2.53. The van der Waals surface area contributed by atoms with Crippen LogP contribution in [0.2, 0.25) is 0 Å². The van der Waals surface area contributed by atoms with Gasteiger partial charge in [-0.15, -0.1) is 0 Å². The monoisotopic (exact) mass is 329 g/mol. The van der Waals surface area contributed by atoms with Crippen molar-refractivity contribution in [2.45, 2.75) is 31.3 Å². The zero-order valence-electron chi connectivity index (χ0n) is 13.5. The summed E-state index contributed by atoms with van der Waals surface area (Å²) in [5, 5.41) is 0. The Kier molecular flexibility index (Phi) is 3.44. The number of fused-ring (bicyclic) bond motifs is 1. The molecule has 0 unspecified atom stereocenters. The second-order valence-electron chi connectivity index (χ2n) is 6.31. The lowest BCUT2D eigenvalue weighted by atomic mass is 10.1. The number of carbonyl (C=O) groups is 3. The van der Waals surface area contributed by atoms with E-state index in [2.05, 4.69) is 0 Å². The summed E-state index contributed by atoms with van der Waals surface area (Å²) in [5.41, 5.74) is 0.673. The lowest BCUT2D eigenvalue weighted by Gasteiger charge is -2.23. The summed E-state index contributed by atoms with van der Waals surface area (Å²) in [6.45, 7) is 1.06. The Morgan fingerprint density at radius 3 is 2.54 bits per heavy atom. The first-order valence-corrected chi connectivity index (χ1v) is 8.21. The molecule has 126 valence electrons. The van der Waals surface area contributed by atoms with E-state index in [1.165, 1.54) is 4.90 Å². The zero-order valence-corrected chi connectivity index (χ0v) is 13.5. The second kappa shape index (κ2) is 5.51. The number of anilines is 1. The molecular weight excluding hydrogens is 310 g/mol. The van der Waals surface area contributed by atoms with Crippen molar-refractivity contribution in [3.05, 3.63) is 24.3 Å². The smallest absolute Gasteiger partial charge is 0.328 e. The summed E-state index contributed by atoms with van der Waals surface area (Å²) in [7, 11) is 1.55. The van der Waals surface area contributed by atoms with Crippen LogP contribution in [0.25, 0.3) is 0 Å². The van der Waals surface area contributed by atoms with Crippen molar-refractivity contribution in [3.8, 4) is 5.75 Å². The average Bonchev–Trinajstić information content (AvgIpc) is 3.27. The van der Waals surface area contributed by atoms with E-state index in [4.69, 9.17) is 4.74 Å². The fourth-order valence-electron chi connectivity index (χ4n) is 3.93. The molecule has 3 saturated heterocycles. The molecule has 3 aliphatic heterocycles. The van der Waals surface area contributed by atoms with Crippen molar-refractivity contribution in [2.24, 2.45) is 0 Å². The molecule has 3 aliphatic rings. The largest absolute Gasteiger partial charge is 0.495 e. The molecule has 0 saturated carbocycles. The van der Waals surface area contributed by atoms with Gasteiger partial charge in [-0.1, -0.05) is 12.1 Å². The molecule has 3 heterocycles. The van der Waals surface area contributed by atoms with Crippen LogP contribution in [0.15, 0.2) is 24.3 Å². The van der Waals surface area contributed by atoms with E-state index in [1.807, 2.05) is 18.2 Å². The highest BCUT2D eigenvalue weighted by Crippen LogP contribution is 2.35. The van der Waals surface area contributed by atoms with E-state index in [0.29, 0.717) is 37.4 Å². The van der Waals surface area contributed by atoms with Crippen LogP contribution in [0.5, 0.6) is 5.75 Å². The quantitative estimate of drug-likeness (QED) is 0.782. The number of hydrogen-bond acceptors (Lipinski definition) is 4. The molecule has 7 heteroatoms. The molecule has 7 nitrogen and oxygen atoms in total. The van der Waals surface area contributed by atoms with Gasteiger partial charge in [0.25, 0.3) is 11.8 Å². The van der Waals surface area contributed by atoms with E-state index in [9.17, 15) is 14.4 Å². The minimum Gasteiger partial charge on any atom is -0.495 e. The Bertz CT molecular complexity index is 698. The number of benzene rings is 1. The third-order valence-corrected chi connectivity index (χ3v) is 5.09.